The summed E-state index contributed by atoms with van der Waals surface area (Å²) in [6.07, 6.45) is 2.91. The third kappa shape index (κ3) is 10.9. The molecule has 0 nitrogen and oxygen atoms in total. The zero-order valence-corrected chi connectivity index (χ0v) is 21.2. The number of allylic oxidation sites excluding steroid dienone is 1. The Morgan fingerprint density at radius 3 is 1.96 bits per heavy atom. The van der Waals surface area contributed by atoms with Gasteiger partial charge in [-0.1, -0.05) is 47.6 Å². The fourth-order valence-corrected chi connectivity index (χ4v) is 7.04. The minimum absolute atomic E-state index is 0.101. The molecule has 0 saturated carbocycles. The molecule has 0 atom stereocenters. The fourth-order valence-electron chi connectivity index (χ4n) is 3.01. The van der Waals surface area contributed by atoms with Crippen LogP contribution in [0.15, 0.2) is 61.2 Å². The molecule has 2 aromatic carbocycles. The van der Waals surface area contributed by atoms with E-state index < -0.39 is 20.8 Å². The van der Waals surface area contributed by atoms with Crippen molar-refractivity contribution in [2.45, 2.75) is 58.3 Å². The van der Waals surface area contributed by atoms with Gasteiger partial charge in [0.25, 0.3) is 0 Å². The molecule has 0 heterocycles. The summed E-state index contributed by atoms with van der Waals surface area (Å²) in [5.41, 5.74) is 1.35. The predicted octanol–water partition coefficient (Wildman–Crippen LogP) is 7.62. The maximum atomic E-state index is 4.93. The van der Waals surface area contributed by atoms with E-state index in [2.05, 4.69) is 84.5 Å². The van der Waals surface area contributed by atoms with E-state index in [9.17, 15) is 0 Å². The molecule has 0 aliphatic rings. The second kappa shape index (κ2) is 12.7. The summed E-state index contributed by atoms with van der Waals surface area (Å²) in [4.78, 5) is 0. The first-order valence-electron chi connectivity index (χ1n) is 8.37. The molecule has 0 saturated heterocycles. The average Bonchev–Trinajstić information content (AvgIpc) is 3.11. The second-order valence-electron chi connectivity index (χ2n) is 7.68. The van der Waals surface area contributed by atoms with Gasteiger partial charge >= 0.3 is 37.9 Å². The van der Waals surface area contributed by atoms with E-state index in [1.807, 2.05) is 18.2 Å². The molecule has 2 rings (SSSR count). The molecule has 138 valence electrons. The van der Waals surface area contributed by atoms with E-state index in [1.54, 1.807) is 5.30 Å². The third-order valence-electron chi connectivity index (χ3n) is 3.36. The van der Waals surface area contributed by atoms with Crippen LogP contribution in [0.25, 0.3) is 0 Å². The van der Waals surface area contributed by atoms with Crippen molar-refractivity contribution in [3.8, 4) is 0 Å². The predicted molar refractivity (Wildman–Crippen MR) is 116 cm³/mol. The molecule has 0 amide bonds. The van der Waals surface area contributed by atoms with Gasteiger partial charge < -0.3 is 0 Å². The molecule has 0 bridgehead atoms. The van der Waals surface area contributed by atoms with Crippen molar-refractivity contribution in [2.75, 3.05) is 0 Å². The summed E-state index contributed by atoms with van der Waals surface area (Å²) in [7, 11) is 9.77. The molecule has 0 spiro atoms. The molecule has 0 aromatic heterocycles. The summed E-state index contributed by atoms with van der Waals surface area (Å²) >= 11 is -0.826. The number of halogens is 2. The van der Waals surface area contributed by atoms with Crippen molar-refractivity contribution in [1.82, 2.24) is 0 Å². The normalized spacial score (nSPS) is 10.9. The monoisotopic (exact) mass is 474 g/mol. The first-order valence-corrected chi connectivity index (χ1v) is 16.0. The molecule has 2 aromatic rings. The third-order valence-corrected chi connectivity index (χ3v) is 6.85. The topological polar surface area (TPSA) is 0 Å². The van der Waals surface area contributed by atoms with Gasteiger partial charge in [-0.05, 0) is 16.7 Å². The Balaban J connectivity index is 0.000000440. The van der Waals surface area contributed by atoms with Gasteiger partial charge in [-0.2, -0.15) is 41.2 Å². The van der Waals surface area contributed by atoms with Crippen LogP contribution in [0, 0.1) is 0 Å². The Labute approximate surface area is 175 Å². The summed E-state index contributed by atoms with van der Waals surface area (Å²) < 4.78 is 0. The second-order valence-corrected chi connectivity index (χ2v) is 15.3. The van der Waals surface area contributed by atoms with Crippen LogP contribution in [0.3, 0.4) is 0 Å². The van der Waals surface area contributed by atoms with Crippen LogP contribution in [0.1, 0.15) is 47.1 Å². The molecular formula is C21H31Cl2PZr. The molecular weight excluding hydrogens is 445 g/mol. The van der Waals surface area contributed by atoms with Gasteiger partial charge in [0.05, 0.1) is 0 Å². The van der Waals surface area contributed by atoms with Crippen LogP contribution in [-0.4, -0.2) is 10.3 Å². The summed E-state index contributed by atoms with van der Waals surface area (Å²) in [5, 5.41) is 2.32. The molecule has 0 aliphatic carbocycles. The van der Waals surface area contributed by atoms with E-state index in [0.29, 0.717) is 10.3 Å². The van der Waals surface area contributed by atoms with Gasteiger partial charge in [-0.25, -0.2) is 18.2 Å². The van der Waals surface area contributed by atoms with Crippen molar-refractivity contribution < 1.29 is 20.8 Å². The molecule has 4 heteroatoms. The SMILES string of the molecule is C=CCc1ccc[cH-]1.CC(C)(C)P(c1cc[cH-]c1)C(C)(C)C.[Cl][Zr+2][Cl]. The maximum absolute atomic E-state index is 4.93. The Hall–Kier alpha value is 0.333. The van der Waals surface area contributed by atoms with Crippen molar-refractivity contribution >= 4 is 30.3 Å². The van der Waals surface area contributed by atoms with Crippen molar-refractivity contribution in [3.63, 3.8) is 0 Å². The fraction of sp³-hybridized carbons (Fsp3) is 0.429. The van der Waals surface area contributed by atoms with E-state index >= 15 is 0 Å². The molecule has 0 fully saturated rings. The molecule has 25 heavy (non-hydrogen) atoms. The van der Waals surface area contributed by atoms with Gasteiger partial charge in [0.1, 0.15) is 0 Å². The van der Waals surface area contributed by atoms with Crippen molar-refractivity contribution in [1.29, 1.82) is 0 Å². The first kappa shape index (κ1) is 25.3. The zero-order chi connectivity index (χ0) is 19.5. The molecule has 0 N–H and O–H groups in total. The van der Waals surface area contributed by atoms with Crippen LogP contribution in [0.4, 0.5) is 0 Å². The van der Waals surface area contributed by atoms with Gasteiger partial charge in [0.2, 0.25) is 0 Å². The van der Waals surface area contributed by atoms with Gasteiger partial charge in [0, 0.05) is 0 Å². The Morgan fingerprint density at radius 1 is 1.08 bits per heavy atom. The summed E-state index contributed by atoms with van der Waals surface area (Å²) in [6, 6.07) is 17.1. The quantitative estimate of drug-likeness (QED) is 0.243. The van der Waals surface area contributed by atoms with Crippen molar-refractivity contribution in [3.05, 3.63) is 66.7 Å². The van der Waals surface area contributed by atoms with Crippen molar-refractivity contribution in [2.24, 2.45) is 0 Å². The van der Waals surface area contributed by atoms with Crippen LogP contribution >= 0.6 is 24.9 Å². The number of rotatable bonds is 3. The van der Waals surface area contributed by atoms with Crippen LogP contribution in [-0.2, 0) is 27.3 Å². The average molecular weight is 477 g/mol. The Bertz CT molecular complexity index is 532. The van der Waals surface area contributed by atoms with E-state index in [-0.39, 0.29) is 7.92 Å². The number of hydrogen-bond donors (Lipinski definition) is 0. The van der Waals surface area contributed by atoms with Crippen LogP contribution in [0.5, 0.6) is 0 Å². The van der Waals surface area contributed by atoms with E-state index in [1.165, 1.54) is 5.56 Å². The van der Waals surface area contributed by atoms with E-state index in [4.69, 9.17) is 17.0 Å². The Kier molecular flexibility index (Phi) is 12.8. The standard InChI is InChI=1S/C13H22P.C8H9.2ClH.Zr/c1-12(2,3)14(13(4,5)6)11-9-7-8-10-11;1-2-5-8-6-3-4-7-8;;;/h7-10H,1-6H3;2-4,6-7H,1,5H2;2*1H;/q2*-1;;;+4/p-2. The van der Waals surface area contributed by atoms with E-state index in [0.717, 1.165) is 6.42 Å². The summed E-state index contributed by atoms with van der Waals surface area (Å²) in [5.74, 6) is 0. The van der Waals surface area contributed by atoms with Crippen LogP contribution in [0.2, 0.25) is 0 Å². The molecule has 0 unspecified atom stereocenters. The molecule has 0 radical (unpaired) electrons. The van der Waals surface area contributed by atoms with Gasteiger partial charge in [0.15, 0.2) is 0 Å². The minimum atomic E-state index is -0.826. The van der Waals surface area contributed by atoms with Crippen LogP contribution < -0.4 is 5.30 Å². The number of hydrogen-bond acceptors (Lipinski definition) is 0. The first-order chi connectivity index (χ1) is 11.6. The Morgan fingerprint density at radius 2 is 1.64 bits per heavy atom. The molecule has 0 aliphatic heterocycles. The van der Waals surface area contributed by atoms with Gasteiger partial charge in [-0.3, -0.25) is 0 Å². The zero-order valence-electron chi connectivity index (χ0n) is 16.3. The summed E-state index contributed by atoms with van der Waals surface area (Å²) in [6.45, 7) is 17.8. The van der Waals surface area contributed by atoms with Gasteiger partial charge in [-0.15, -0.1) is 14.5 Å².